The first kappa shape index (κ1) is 21.6. The van der Waals surface area contributed by atoms with E-state index < -0.39 is 0 Å². The zero-order valence-corrected chi connectivity index (χ0v) is 18.5. The Hall–Kier alpha value is -3.61. The van der Waals surface area contributed by atoms with Crippen molar-refractivity contribution >= 4 is 17.6 Å². The van der Waals surface area contributed by atoms with Gasteiger partial charge in [0.2, 0.25) is 5.89 Å². The highest BCUT2D eigenvalue weighted by Crippen LogP contribution is 2.24. The van der Waals surface area contributed by atoms with E-state index in [-0.39, 0.29) is 11.9 Å². The van der Waals surface area contributed by atoms with Crippen LogP contribution in [0.2, 0.25) is 0 Å². The summed E-state index contributed by atoms with van der Waals surface area (Å²) in [6.07, 6.45) is 4.20. The number of likely N-dealkylation sites (tertiary alicyclic amines) is 1. The molecule has 32 heavy (non-hydrogen) atoms. The van der Waals surface area contributed by atoms with Crippen LogP contribution < -0.4 is 10.6 Å². The molecule has 0 spiro atoms. The van der Waals surface area contributed by atoms with Gasteiger partial charge in [-0.3, -0.25) is 4.79 Å². The average Bonchev–Trinajstić information content (AvgIpc) is 3.47. The minimum absolute atomic E-state index is 0.0258. The second-order valence-electron chi connectivity index (χ2n) is 8.14. The molecule has 0 bridgehead atoms. The number of nitrogens with zero attached hydrogens (tertiary/aromatic N) is 2. The number of oxazole rings is 1. The van der Waals surface area contributed by atoms with Crippen molar-refractivity contribution in [2.24, 2.45) is 0 Å². The van der Waals surface area contributed by atoms with Gasteiger partial charge >= 0.3 is 6.03 Å². The lowest BCUT2D eigenvalue weighted by Crippen LogP contribution is -2.33. The van der Waals surface area contributed by atoms with Gasteiger partial charge in [-0.25, -0.2) is 9.78 Å². The fraction of sp³-hybridized carbons (Fsp3) is 0.320. The fourth-order valence-corrected chi connectivity index (χ4v) is 3.86. The van der Waals surface area contributed by atoms with Crippen LogP contribution in [-0.2, 0) is 6.42 Å². The SMILES string of the molecule is Cc1ccc(-c2nc(CCNC(=O)Nc3cccc(C)c3C(=O)N3CCCC3)co2)cc1. The molecule has 2 N–H and O–H groups in total. The number of carbonyl (C=O) groups excluding carboxylic acids is 2. The third kappa shape index (κ3) is 4.99. The molecule has 3 aromatic rings. The normalized spacial score (nSPS) is 13.2. The smallest absolute Gasteiger partial charge is 0.319 e. The highest BCUT2D eigenvalue weighted by Gasteiger charge is 2.24. The molecule has 2 heterocycles. The van der Waals surface area contributed by atoms with E-state index in [9.17, 15) is 9.59 Å². The number of rotatable bonds is 6. The summed E-state index contributed by atoms with van der Waals surface area (Å²) in [5.41, 5.74) is 4.80. The molecule has 1 saturated heterocycles. The molecule has 3 amide bonds. The maximum atomic E-state index is 12.9. The van der Waals surface area contributed by atoms with Crippen LogP contribution in [0.5, 0.6) is 0 Å². The molecule has 1 aliphatic rings. The largest absolute Gasteiger partial charge is 0.444 e. The molecular weight excluding hydrogens is 404 g/mol. The van der Waals surface area contributed by atoms with Crippen molar-refractivity contribution in [3.8, 4) is 11.5 Å². The van der Waals surface area contributed by atoms with Crippen LogP contribution in [0.1, 0.15) is 40.0 Å². The third-order valence-corrected chi connectivity index (χ3v) is 5.65. The summed E-state index contributed by atoms with van der Waals surface area (Å²) in [6.45, 7) is 5.85. The van der Waals surface area contributed by atoms with Crippen LogP contribution in [0.15, 0.2) is 53.1 Å². The van der Waals surface area contributed by atoms with Crippen molar-refractivity contribution in [1.29, 1.82) is 0 Å². The van der Waals surface area contributed by atoms with Crippen LogP contribution in [0.3, 0.4) is 0 Å². The van der Waals surface area contributed by atoms with Gasteiger partial charge in [-0.15, -0.1) is 0 Å². The number of hydrogen-bond acceptors (Lipinski definition) is 4. The zero-order valence-electron chi connectivity index (χ0n) is 18.5. The average molecular weight is 433 g/mol. The molecule has 7 heteroatoms. The standard InChI is InChI=1S/C25H28N4O3/c1-17-8-10-19(11-9-17)23-27-20(16-32-23)12-13-26-25(31)28-21-7-5-6-18(2)22(21)24(30)29-14-3-4-15-29/h5-11,16H,3-4,12-15H2,1-2H3,(H2,26,28,31). The number of amides is 3. The Bertz CT molecular complexity index is 1100. The van der Waals surface area contributed by atoms with Crippen LogP contribution in [0, 0.1) is 13.8 Å². The molecule has 0 aliphatic carbocycles. The number of hydrogen-bond donors (Lipinski definition) is 2. The van der Waals surface area contributed by atoms with Gasteiger partial charge in [-0.2, -0.15) is 0 Å². The quantitative estimate of drug-likeness (QED) is 0.598. The molecule has 0 radical (unpaired) electrons. The van der Waals surface area contributed by atoms with Crippen LogP contribution in [0.4, 0.5) is 10.5 Å². The molecule has 2 aromatic carbocycles. The summed E-state index contributed by atoms with van der Waals surface area (Å²) in [6, 6.07) is 13.1. The number of aryl methyl sites for hydroxylation is 2. The summed E-state index contributed by atoms with van der Waals surface area (Å²) >= 11 is 0. The van der Waals surface area contributed by atoms with Crippen molar-refractivity contribution in [1.82, 2.24) is 15.2 Å². The lowest BCUT2D eigenvalue weighted by Gasteiger charge is -2.19. The number of nitrogens with one attached hydrogen (secondary N) is 2. The van der Waals surface area contributed by atoms with Gasteiger partial charge in [0.15, 0.2) is 0 Å². The van der Waals surface area contributed by atoms with Gasteiger partial charge in [0.05, 0.1) is 16.9 Å². The Morgan fingerprint density at radius 3 is 2.56 bits per heavy atom. The predicted octanol–water partition coefficient (Wildman–Crippen LogP) is 4.56. The second-order valence-corrected chi connectivity index (χ2v) is 8.14. The van der Waals surface area contributed by atoms with E-state index in [2.05, 4.69) is 15.6 Å². The van der Waals surface area contributed by atoms with E-state index in [0.29, 0.717) is 30.1 Å². The van der Waals surface area contributed by atoms with Crippen molar-refractivity contribution in [2.75, 3.05) is 25.0 Å². The first-order valence-corrected chi connectivity index (χ1v) is 11.0. The summed E-state index contributed by atoms with van der Waals surface area (Å²) in [7, 11) is 0. The molecule has 1 aromatic heterocycles. The lowest BCUT2D eigenvalue weighted by atomic mass is 10.1. The molecule has 1 fully saturated rings. The molecule has 0 saturated carbocycles. The van der Waals surface area contributed by atoms with Crippen LogP contribution in [0.25, 0.3) is 11.5 Å². The van der Waals surface area contributed by atoms with Crippen LogP contribution in [-0.4, -0.2) is 41.5 Å². The summed E-state index contributed by atoms with van der Waals surface area (Å²) in [5, 5.41) is 5.67. The summed E-state index contributed by atoms with van der Waals surface area (Å²) in [5.74, 6) is 0.538. The Kier molecular flexibility index (Phi) is 6.54. The van der Waals surface area contributed by atoms with Gasteiger partial charge in [0.25, 0.3) is 5.91 Å². The summed E-state index contributed by atoms with van der Waals surface area (Å²) < 4.78 is 5.57. The Morgan fingerprint density at radius 1 is 1.06 bits per heavy atom. The first-order chi connectivity index (χ1) is 15.5. The Morgan fingerprint density at radius 2 is 1.81 bits per heavy atom. The van der Waals surface area contributed by atoms with Crippen LogP contribution >= 0.6 is 0 Å². The van der Waals surface area contributed by atoms with E-state index in [0.717, 1.165) is 42.8 Å². The predicted molar refractivity (Wildman–Crippen MR) is 124 cm³/mol. The van der Waals surface area contributed by atoms with Gasteiger partial charge in [-0.1, -0.05) is 29.8 Å². The maximum Gasteiger partial charge on any atom is 0.319 e. The van der Waals surface area contributed by atoms with Gasteiger partial charge < -0.3 is 20.0 Å². The summed E-state index contributed by atoms with van der Waals surface area (Å²) in [4.78, 5) is 31.8. The highest BCUT2D eigenvalue weighted by molar-refractivity contribution is 6.04. The third-order valence-electron chi connectivity index (χ3n) is 5.65. The van der Waals surface area contributed by atoms with Gasteiger partial charge in [0.1, 0.15) is 6.26 Å². The van der Waals surface area contributed by atoms with E-state index in [1.807, 2.05) is 55.1 Å². The number of carbonyl (C=O) groups is 2. The molecule has 0 atom stereocenters. The minimum atomic E-state index is -0.353. The molecule has 0 unspecified atom stereocenters. The van der Waals surface area contributed by atoms with E-state index in [4.69, 9.17) is 4.42 Å². The first-order valence-electron chi connectivity index (χ1n) is 11.0. The number of urea groups is 1. The minimum Gasteiger partial charge on any atom is -0.444 e. The maximum absolute atomic E-state index is 12.9. The van der Waals surface area contributed by atoms with E-state index in [1.165, 1.54) is 5.56 Å². The van der Waals surface area contributed by atoms with E-state index in [1.54, 1.807) is 12.3 Å². The topological polar surface area (TPSA) is 87.5 Å². The van der Waals surface area contributed by atoms with Crippen molar-refractivity contribution < 1.29 is 14.0 Å². The monoisotopic (exact) mass is 432 g/mol. The molecule has 7 nitrogen and oxygen atoms in total. The van der Waals surface area contributed by atoms with E-state index >= 15 is 0 Å². The van der Waals surface area contributed by atoms with Crippen molar-refractivity contribution in [3.63, 3.8) is 0 Å². The highest BCUT2D eigenvalue weighted by atomic mass is 16.3. The number of anilines is 1. The Balaban J connectivity index is 1.33. The Labute approximate surface area is 187 Å². The fourth-order valence-electron chi connectivity index (χ4n) is 3.86. The molecule has 166 valence electrons. The van der Waals surface area contributed by atoms with Gasteiger partial charge in [-0.05, 0) is 50.5 Å². The van der Waals surface area contributed by atoms with Crippen molar-refractivity contribution in [2.45, 2.75) is 33.1 Å². The van der Waals surface area contributed by atoms with Crippen molar-refractivity contribution in [3.05, 3.63) is 71.1 Å². The number of aromatic nitrogens is 1. The molecule has 4 rings (SSSR count). The zero-order chi connectivity index (χ0) is 22.5. The second kappa shape index (κ2) is 9.68. The van der Waals surface area contributed by atoms with Gasteiger partial charge in [0, 0.05) is 31.6 Å². The molecular formula is C25H28N4O3. The lowest BCUT2D eigenvalue weighted by molar-refractivity contribution is 0.0793. The molecule has 1 aliphatic heterocycles. The number of benzene rings is 2.